The summed E-state index contributed by atoms with van der Waals surface area (Å²) in [6.45, 7) is 1.51. The van der Waals surface area contributed by atoms with E-state index in [-0.39, 0.29) is 16.0 Å². The normalized spacial score (nSPS) is 12.4. The highest BCUT2D eigenvalue weighted by Crippen LogP contribution is 2.38. The van der Waals surface area contributed by atoms with Crippen molar-refractivity contribution in [1.29, 1.82) is 0 Å². The van der Waals surface area contributed by atoms with Crippen LogP contribution in [0.4, 0.5) is 13.2 Å². The van der Waals surface area contributed by atoms with Gasteiger partial charge in [0.15, 0.2) is 5.69 Å². The first-order chi connectivity index (χ1) is 9.62. The number of hydrogen-bond donors (Lipinski definition) is 1. The van der Waals surface area contributed by atoms with E-state index in [1.807, 2.05) is 0 Å². The zero-order valence-corrected chi connectivity index (χ0v) is 11.7. The van der Waals surface area contributed by atoms with Gasteiger partial charge in [-0.25, -0.2) is 13.6 Å². The molecule has 0 saturated carbocycles. The number of sulfonamides is 1. The van der Waals surface area contributed by atoms with Crippen molar-refractivity contribution in [2.75, 3.05) is 0 Å². The highest BCUT2D eigenvalue weighted by Gasteiger charge is 2.36. The summed E-state index contributed by atoms with van der Waals surface area (Å²) in [5, 5.41) is 5.09. The molecule has 2 N–H and O–H groups in total. The molecule has 0 radical (unpaired) electrons. The smallest absolute Gasteiger partial charge is 0.251 e. The fourth-order valence-electron chi connectivity index (χ4n) is 2.06. The average molecular weight is 316 g/mol. The number of alkyl halides is 3. The maximum atomic E-state index is 13.1. The zero-order valence-electron chi connectivity index (χ0n) is 10.8. The van der Waals surface area contributed by atoms with Crippen LogP contribution in [0.1, 0.15) is 11.3 Å². The lowest BCUT2D eigenvalue weighted by Crippen LogP contribution is -2.16. The Hall–Kier alpha value is -1.93. The molecule has 0 amide bonds. The largest absolute Gasteiger partial charge is 0.433 e. The lowest BCUT2D eigenvalue weighted by atomic mass is 9.99. The van der Waals surface area contributed by atoms with Crippen LogP contribution >= 0.6 is 0 Å². The molecule has 0 fully saturated rings. The molecule has 2 aromatic rings. The van der Waals surface area contributed by atoms with Crippen molar-refractivity contribution in [3.63, 3.8) is 0 Å². The van der Waals surface area contributed by atoms with Crippen molar-refractivity contribution in [3.05, 3.63) is 47.8 Å². The van der Waals surface area contributed by atoms with E-state index in [1.54, 1.807) is 0 Å². The number of nitrogens with two attached hydrogens (primary N) is 1. The van der Waals surface area contributed by atoms with Crippen LogP contribution in [0.15, 0.2) is 41.4 Å². The fourth-order valence-corrected chi connectivity index (χ4v) is 2.88. The van der Waals surface area contributed by atoms with E-state index in [1.165, 1.54) is 37.3 Å². The van der Waals surface area contributed by atoms with E-state index in [2.05, 4.69) is 4.98 Å². The first-order valence-electron chi connectivity index (χ1n) is 5.77. The van der Waals surface area contributed by atoms with E-state index < -0.39 is 21.9 Å². The number of halogens is 3. The molecule has 0 aliphatic heterocycles. The molecule has 4 nitrogen and oxygen atoms in total. The molecular weight excluding hydrogens is 305 g/mol. The lowest BCUT2D eigenvalue weighted by molar-refractivity contribution is -0.140. The Bertz CT molecular complexity index is 786. The van der Waals surface area contributed by atoms with Crippen LogP contribution < -0.4 is 5.14 Å². The maximum absolute atomic E-state index is 13.1. The van der Waals surface area contributed by atoms with Gasteiger partial charge in [0.2, 0.25) is 10.0 Å². The Kier molecular flexibility index (Phi) is 3.77. The molecule has 1 heterocycles. The van der Waals surface area contributed by atoms with Gasteiger partial charge < -0.3 is 0 Å². The third kappa shape index (κ3) is 3.06. The molecule has 21 heavy (non-hydrogen) atoms. The second-order valence-electron chi connectivity index (χ2n) is 4.39. The summed E-state index contributed by atoms with van der Waals surface area (Å²) in [5.74, 6) is 0. The highest BCUT2D eigenvalue weighted by molar-refractivity contribution is 7.89. The number of aromatic nitrogens is 1. The summed E-state index contributed by atoms with van der Waals surface area (Å²) < 4.78 is 62.4. The van der Waals surface area contributed by atoms with E-state index >= 15 is 0 Å². The van der Waals surface area contributed by atoms with Gasteiger partial charge in [0.25, 0.3) is 0 Å². The number of nitrogens with zero attached hydrogens (tertiary/aromatic N) is 1. The quantitative estimate of drug-likeness (QED) is 0.926. The Labute approximate surface area is 119 Å². The number of pyridine rings is 1. The van der Waals surface area contributed by atoms with Crippen LogP contribution in [0, 0.1) is 6.92 Å². The van der Waals surface area contributed by atoms with Crippen LogP contribution in [0.5, 0.6) is 0 Å². The van der Waals surface area contributed by atoms with Crippen molar-refractivity contribution in [2.45, 2.75) is 18.0 Å². The topological polar surface area (TPSA) is 73.1 Å². The van der Waals surface area contributed by atoms with E-state index in [0.29, 0.717) is 5.56 Å². The third-order valence-corrected chi connectivity index (χ3v) is 3.84. The molecule has 0 spiro atoms. The number of primary sulfonamides is 1. The molecule has 0 bridgehead atoms. The molecule has 0 saturated heterocycles. The van der Waals surface area contributed by atoms with Crippen molar-refractivity contribution >= 4 is 10.0 Å². The Morgan fingerprint density at radius 2 is 1.81 bits per heavy atom. The summed E-state index contributed by atoms with van der Waals surface area (Å²) in [5.41, 5.74) is -1.18. The van der Waals surface area contributed by atoms with Crippen LogP contribution in [0.3, 0.4) is 0 Å². The predicted octanol–water partition coefficient (Wildman–Crippen LogP) is 2.72. The summed E-state index contributed by atoms with van der Waals surface area (Å²) in [7, 11) is -4.16. The molecular formula is C13H11F3N2O2S. The van der Waals surface area contributed by atoms with Gasteiger partial charge in [0.05, 0.1) is 4.90 Å². The Morgan fingerprint density at radius 1 is 1.14 bits per heavy atom. The minimum absolute atomic E-state index is 0.0829. The first kappa shape index (κ1) is 15.5. The monoisotopic (exact) mass is 316 g/mol. The van der Waals surface area contributed by atoms with Crippen molar-refractivity contribution < 1.29 is 21.6 Å². The van der Waals surface area contributed by atoms with Gasteiger partial charge in [-0.15, -0.1) is 0 Å². The molecule has 1 aromatic heterocycles. The molecule has 0 atom stereocenters. The van der Waals surface area contributed by atoms with Gasteiger partial charge >= 0.3 is 6.18 Å². The molecule has 0 aliphatic rings. The standard InChI is InChI=1S/C13H11F3N2O2S/c1-8-4-2-6-10(21(17,19)20)11(8)9-5-3-7-18-12(9)13(14,15)16/h2-7H,1H3,(H2,17,19,20). The van der Waals surface area contributed by atoms with Gasteiger partial charge in [-0.2, -0.15) is 13.2 Å². The second kappa shape index (κ2) is 5.12. The Morgan fingerprint density at radius 3 is 2.38 bits per heavy atom. The summed E-state index contributed by atoms with van der Waals surface area (Å²) in [6.07, 6.45) is -3.70. The lowest BCUT2D eigenvalue weighted by Gasteiger charge is -2.16. The van der Waals surface area contributed by atoms with Gasteiger partial charge in [-0.3, -0.25) is 4.98 Å². The highest BCUT2D eigenvalue weighted by atomic mass is 32.2. The third-order valence-electron chi connectivity index (χ3n) is 2.89. The number of rotatable bonds is 2. The number of benzene rings is 1. The zero-order chi connectivity index (χ0) is 15.8. The molecule has 112 valence electrons. The van der Waals surface area contributed by atoms with E-state index in [9.17, 15) is 21.6 Å². The van der Waals surface area contributed by atoms with Crippen LogP contribution in [-0.2, 0) is 16.2 Å². The van der Waals surface area contributed by atoms with Crippen molar-refractivity contribution in [2.24, 2.45) is 5.14 Å². The van der Waals surface area contributed by atoms with Crippen LogP contribution in [-0.4, -0.2) is 13.4 Å². The molecule has 0 unspecified atom stereocenters. The van der Waals surface area contributed by atoms with Crippen LogP contribution in [0.25, 0.3) is 11.1 Å². The van der Waals surface area contributed by atoms with Gasteiger partial charge in [0, 0.05) is 17.3 Å². The Balaban J connectivity index is 2.87. The number of hydrogen-bond acceptors (Lipinski definition) is 3. The fraction of sp³-hybridized carbons (Fsp3) is 0.154. The minimum atomic E-state index is -4.70. The SMILES string of the molecule is Cc1cccc(S(N)(=O)=O)c1-c1cccnc1C(F)(F)F. The summed E-state index contributed by atoms with van der Waals surface area (Å²) in [6, 6.07) is 6.58. The van der Waals surface area contributed by atoms with Crippen LogP contribution in [0.2, 0.25) is 0 Å². The van der Waals surface area contributed by atoms with E-state index in [0.717, 1.165) is 6.20 Å². The molecule has 8 heteroatoms. The predicted molar refractivity (Wildman–Crippen MR) is 70.8 cm³/mol. The van der Waals surface area contributed by atoms with E-state index in [4.69, 9.17) is 5.14 Å². The molecule has 1 aromatic carbocycles. The summed E-state index contributed by atoms with van der Waals surface area (Å²) >= 11 is 0. The van der Waals surface area contributed by atoms with Crippen molar-refractivity contribution in [1.82, 2.24) is 4.98 Å². The van der Waals surface area contributed by atoms with Crippen molar-refractivity contribution in [3.8, 4) is 11.1 Å². The molecule has 2 rings (SSSR count). The first-order valence-corrected chi connectivity index (χ1v) is 7.32. The van der Waals surface area contributed by atoms with Gasteiger partial charge in [-0.05, 0) is 24.6 Å². The van der Waals surface area contributed by atoms with Gasteiger partial charge in [0.1, 0.15) is 0 Å². The average Bonchev–Trinajstić information content (AvgIpc) is 2.36. The number of aryl methyl sites for hydroxylation is 1. The second-order valence-corrected chi connectivity index (χ2v) is 5.92. The minimum Gasteiger partial charge on any atom is -0.251 e. The van der Waals surface area contributed by atoms with Gasteiger partial charge in [-0.1, -0.05) is 18.2 Å². The summed E-state index contributed by atoms with van der Waals surface area (Å²) in [4.78, 5) is 2.97. The molecule has 0 aliphatic carbocycles. The maximum Gasteiger partial charge on any atom is 0.433 e.